The third-order valence-electron chi connectivity index (χ3n) is 2.94. The molecule has 0 spiro atoms. The number of aromatic nitrogens is 1. The van der Waals surface area contributed by atoms with Crippen molar-refractivity contribution in [2.24, 2.45) is 5.84 Å². The van der Waals surface area contributed by atoms with Crippen LogP contribution in [0.25, 0.3) is 0 Å². The van der Waals surface area contributed by atoms with Crippen LogP contribution < -0.4 is 11.4 Å². The smallest absolute Gasteiger partial charge is 0.162 e. The number of allylic oxidation sites excluding steroid dienone is 1. The third kappa shape index (κ3) is 15.1. The van der Waals surface area contributed by atoms with Crippen molar-refractivity contribution >= 4 is 11.5 Å². The molecule has 2 aromatic rings. The van der Waals surface area contributed by atoms with Crippen LogP contribution in [0.2, 0.25) is 0 Å². The Bertz CT molecular complexity index is 689. The molecule has 0 saturated carbocycles. The molecule has 2 rings (SSSR count). The van der Waals surface area contributed by atoms with E-state index in [2.05, 4.69) is 17.1 Å². The summed E-state index contributed by atoms with van der Waals surface area (Å²) in [6.07, 6.45) is 1.75. The van der Waals surface area contributed by atoms with E-state index in [1.807, 2.05) is 71.9 Å². The van der Waals surface area contributed by atoms with E-state index >= 15 is 0 Å². The second-order valence-corrected chi connectivity index (χ2v) is 5.11. The number of likely N-dealkylation sites (N-methyl/N-ethyl adjacent to an activating group) is 1. The fraction of sp³-hybridized carbons (Fsp3) is 0.348. The molecular formula is C23H40N6O. The van der Waals surface area contributed by atoms with Gasteiger partial charge in [-0.25, -0.2) is 0 Å². The van der Waals surface area contributed by atoms with Gasteiger partial charge in [-0.1, -0.05) is 70.2 Å². The van der Waals surface area contributed by atoms with Crippen molar-refractivity contribution in [3.8, 4) is 0 Å². The highest BCUT2D eigenvalue weighted by Crippen LogP contribution is 2.01. The van der Waals surface area contributed by atoms with Crippen molar-refractivity contribution in [3.63, 3.8) is 0 Å². The van der Waals surface area contributed by atoms with E-state index < -0.39 is 0 Å². The lowest BCUT2D eigenvalue weighted by atomic mass is 10.1. The number of aliphatic hydroxyl groups excluding tert-OH is 1. The maximum Gasteiger partial charge on any atom is 0.162 e. The summed E-state index contributed by atoms with van der Waals surface area (Å²) in [5.74, 6) is 5.15. The van der Waals surface area contributed by atoms with Crippen molar-refractivity contribution in [2.75, 3.05) is 7.05 Å². The lowest BCUT2D eigenvalue weighted by Crippen LogP contribution is -2.46. The number of hydrogen-bond donors (Lipinski definition) is 5. The number of rotatable bonds is 4. The topological polar surface area (TPSA) is 122 Å². The van der Waals surface area contributed by atoms with Gasteiger partial charge in [0.2, 0.25) is 0 Å². The van der Waals surface area contributed by atoms with Crippen LogP contribution >= 0.6 is 0 Å². The third-order valence-corrected chi connectivity index (χ3v) is 2.94. The molecule has 0 fully saturated rings. The van der Waals surface area contributed by atoms with Gasteiger partial charge in [-0.2, -0.15) is 5.53 Å². The van der Waals surface area contributed by atoms with Gasteiger partial charge >= 0.3 is 0 Å². The minimum atomic E-state index is 0.0266. The predicted molar refractivity (Wildman–Crippen MR) is 130 cm³/mol. The number of aliphatic hydroxyl groups is 1. The number of benzene rings is 1. The maximum atomic E-state index is 8.60. The summed E-state index contributed by atoms with van der Waals surface area (Å²) in [5, 5.41) is 25.2. The number of nitrogens with zero attached hydrogens (tertiary/aromatic N) is 2. The number of pyridine rings is 1. The lowest BCUT2D eigenvalue weighted by molar-refractivity contribution is 0.276. The molecule has 1 aromatic carbocycles. The quantitative estimate of drug-likeness (QED) is 0.165. The van der Waals surface area contributed by atoms with Crippen molar-refractivity contribution in [1.29, 1.82) is 10.8 Å². The van der Waals surface area contributed by atoms with Gasteiger partial charge in [0, 0.05) is 18.3 Å². The normalized spacial score (nSPS) is 8.17. The van der Waals surface area contributed by atoms with E-state index in [0.717, 1.165) is 11.4 Å². The first-order valence-electron chi connectivity index (χ1n) is 9.94. The minimum absolute atomic E-state index is 0.0266. The monoisotopic (exact) mass is 416 g/mol. The molecule has 1 heterocycles. The summed E-state index contributed by atoms with van der Waals surface area (Å²) in [5.41, 5.74) is 4.79. The summed E-state index contributed by atoms with van der Waals surface area (Å²) >= 11 is 0. The highest BCUT2D eigenvalue weighted by molar-refractivity contribution is 6.44. The molecule has 0 radical (unpaired) electrons. The maximum absolute atomic E-state index is 8.60. The van der Waals surface area contributed by atoms with Gasteiger partial charge in [0.1, 0.15) is 5.71 Å². The molecule has 1 aromatic heterocycles. The predicted octanol–water partition coefficient (Wildman–Crippen LogP) is 4.47. The summed E-state index contributed by atoms with van der Waals surface area (Å²) < 4.78 is 0. The molecule has 0 unspecified atom stereocenters. The first kappa shape index (κ1) is 31.8. The van der Waals surface area contributed by atoms with Gasteiger partial charge in [0.05, 0.1) is 12.3 Å². The molecule has 7 heteroatoms. The first-order chi connectivity index (χ1) is 14.4. The largest absolute Gasteiger partial charge is 0.390 e. The van der Waals surface area contributed by atoms with Gasteiger partial charge in [0.15, 0.2) is 5.84 Å². The Morgan fingerprint density at radius 1 is 1.10 bits per heavy atom. The molecule has 0 aliphatic heterocycles. The number of nitrogens with one attached hydrogen (secondary N) is 3. The minimum Gasteiger partial charge on any atom is -0.390 e. The molecule has 30 heavy (non-hydrogen) atoms. The van der Waals surface area contributed by atoms with Gasteiger partial charge in [-0.15, -0.1) is 6.58 Å². The van der Waals surface area contributed by atoms with E-state index in [-0.39, 0.29) is 18.2 Å². The van der Waals surface area contributed by atoms with E-state index in [4.69, 9.17) is 21.8 Å². The number of nitrogens with two attached hydrogens (primary N) is 1. The lowest BCUT2D eigenvalue weighted by Gasteiger charge is -2.18. The number of hydrogen-bond acceptors (Lipinski definition) is 6. The van der Waals surface area contributed by atoms with Crippen LogP contribution in [0.3, 0.4) is 0 Å². The molecule has 0 bridgehead atoms. The molecule has 0 amide bonds. The first-order valence-corrected chi connectivity index (χ1v) is 9.94. The van der Waals surface area contributed by atoms with Crippen molar-refractivity contribution in [2.45, 2.75) is 48.1 Å². The SMILES string of the molecule is C=CC.CC.CC.CN(NN)C(=N)C(=N)c1ccccc1.Cc1cccc(CO)n1. The van der Waals surface area contributed by atoms with E-state index in [1.165, 1.54) is 5.01 Å². The Balaban J connectivity index is -0.000000391. The van der Waals surface area contributed by atoms with Crippen LogP contribution in [-0.4, -0.2) is 33.7 Å². The van der Waals surface area contributed by atoms with Crippen LogP contribution in [-0.2, 0) is 6.61 Å². The van der Waals surface area contributed by atoms with Crippen LogP contribution in [0.1, 0.15) is 51.6 Å². The second-order valence-electron chi connectivity index (χ2n) is 5.11. The summed E-state index contributed by atoms with van der Waals surface area (Å²) in [6.45, 7) is 15.2. The van der Waals surface area contributed by atoms with Crippen LogP contribution in [0, 0.1) is 17.7 Å². The molecule has 6 N–H and O–H groups in total. The van der Waals surface area contributed by atoms with Crippen LogP contribution in [0.4, 0.5) is 0 Å². The molecule has 0 aliphatic rings. The molecule has 7 nitrogen and oxygen atoms in total. The fourth-order valence-corrected chi connectivity index (χ4v) is 1.66. The van der Waals surface area contributed by atoms with Crippen molar-refractivity contribution in [3.05, 3.63) is 78.1 Å². The summed E-state index contributed by atoms with van der Waals surface area (Å²) in [6, 6.07) is 14.7. The Morgan fingerprint density at radius 3 is 1.97 bits per heavy atom. The van der Waals surface area contributed by atoms with E-state index in [1.54, 1.807) is 31.3 Å². The molecular weight excluding hydrogens is 376 g/mol. The Kier molecular flexibility index (Phi) is 23.8. The highest BCUT2D eigenvalue weighted by Gasteiger charge is 2.10. The van der Waals surface area contributed by atoms with Crippen molar-refractivity contribution < 1.29 is 5.11 Å². The molecule has 168 valence electrons. The average molecular weight is 417 g/mol. The van der Waals surface area contributed by atoms with Crippen molar-refractivity contribution in [1.82, 2.24) is 15.5 Å². The molecule has 0 aliphatic carbocycles. The highest BCUT2D eigenvalue weighted by atomic mass is 16.3. The summed E-state index contributed by atoms with van der Waals surface area (Å²) in [7, 11) is 1.58. The van der Waals surface area contributed by atoms with E-state index in [9.17, 15) is 0 Å². The van der Waals surface area contributed by atoms with Gasteiger partial charge in [-0.05, 0) is 26.0 Å². The van der Waals surface area contributed by atoms with Crippen LogP contribution in [0.15, 0.2) is 61.2 Å². The Morgan fingerprint density at radius 2 is 1.60 bits per heavy atom. The van der Waals surface area contributed by atoms with Gasteiger partial charge in [-0.3, -0.25) is 26.7 Å². The number of hydrazine groups is 2. The fourth-order valence-electron chi connectivity index (χ4n) is 1.66. The van der Waals surface area contributed by atoms with Gasteiger partial charge in [0.25, 0.3) is 0 Å². The Hall–Kier alpha value is -2.87. The zero-order valence-corrected chi connectivity index (χ0v) is 19.5. The number of amidine groups is 1. The zero-order valence-electron chi connectivity index (χ0n) is 19.5. The van der Waals surface area contributed by atoms with Crippen LogP contribution in [0.5, 0.6) is 0 Å². The summed E-state index contributed by atoms with van der Waals surface area (Å²) in [4.78, 5) is 4.04. The molecule has 0 saturated heterocycles. The van der Waals surface area contributed by atoms with Gasteiger partial charge < -0.3 is 5.11 Å². The molecule has 0 atom stereocenters. The zero-order chi connectivity index (χ0) is 23.9. The average Bonchev–Trinajstić information content (AvgIpc) is 2.81. The standard InChI is InChI=1S/C9H13N5.C7H9NO.C3H6.2C2H6/c1-14(13-12)9(11)8(10)7-5-3-2-4-6-7;1-6-3-2-4-7(5-9)8-6;1-3-2;2*1-2/h2-6,10-11,13H,12H2,1H3;2-4,9H,5H2,1H3;3H,1H2,2H3;2*1-2H3. The second kappa shape index (κ2) is 22.4. The Labute approximate surface area is 182 Å². The number of aryl methyl sites for hydroxylation is 1. The van der Waals surface area contributed by atoms with E-state index in [0.29, 0.717) is 5.56 Å².